The van der Waals surface area contributed by atoms with Crippen LogP contribution in [0.4, 0.5) is 5.82 Å². The summed E-state index contributed by atoms with van der Waals surface area (Å²) in [5.41, 5.74) is 2.91. The average molecular weight is 524 g/mol. The number of aromatic nitrogens is 6. The maximum atomic E-state index is 13.3. The van der Waals surface area contributed by atoms with E-state index in [0.717, 1.165) is 36.0 Å². The lowest BCUT2D eigenvalue weighted by Crippen LogP contribution is -2.24. The fourth-order valence-corrected chi connectivity index (χ4v) is 4.67. The summed E-state index contributed by atoms with van der Waals surface area (Å²) in [6.45, 7) is 4.97. The van der Waals surface area contributed by atoms with Crippen molar-refractivity contribution < 1.29 is 4.52 Å². The van der Waals surface area contributed by atoms with Crippen LogP contribution in [0.1, 0.15) is 60.4 Å². The third-order valence-electron chi connectivity index (χ3n) is 6.03. The number of nitrogens with zero attached hydrogens (tertiary/aromatic N) is 7. The van der Waals surface area contributed by atoms with Crippen LogP contribution >= 0.6 is 15.9 Å². The summed E-state index contributed by atoms with van der Waals surface area (Å²) in [7, 11) is 0. The van der Waals surface area contributed by atoms with Crippen molar-refractivity contribution in [2.75, 3.05) is 0 Å². The number of aryl methyl sites for hydroxylation is 4. The van der Waals surface area contributed by atoms with E-state index < -0.39 is 0 Å². The van der Waals surface area contributed by atoms with Crippen LogP contribution in [0.2, 0.25) is 0 Å². The van der Waals surface area contributed by atoms with Crippen LogP contribution in [0.3, 0.4) is 0 Å². The maximum absolute atomic E-state index is 13.3. The zero-order chi connectivity index (χ0) is 23.7. The van der Waals surface area contributed by atoms with Crippen LogP contribution in [0, 0.1) is 6.92 Å². The van der Waals surface area contributed by atoms with Crippen LogP contribution in [0.15, 0.2) is 38.6 Å². The zero-order valence-corrected chi connectivity index (χ0v) is 20.9. The molecule has 0 unspecified atom stereocenters. The molecule has 0 saturated heterocycles. The molecule has 0 N–H and O–H groups in total. The summed E-state index contributed by atoms with van der Waals surface area (Å²) in [5, 5.41) is 12.8. The van der Waals surface area contributed by atoms with Crippen molar-refractivity contribution in [1.29, 1.82) is 0 Å². The largest absolute Gasteiger partial charge is 0.339 e. The number of hydrogen-bond acceptors (Lipinski definition) is 7. The molecule has 1 aromatic carbocycles. The van der Waals surface area contributed by atoms with Gasteiger partial charge in [0.25, 0.3) is 5.56 Å². The Kier molecular flexibility index (Phi) is 6.40. The minimum absolute atomic E-state index is 0.111. The fourth-order valence-electron chi connectivity index (χ4n) is 4.22. The van der Waals surface area contributed by atoms with Gasteiger partial charge in [-0.25, -0.2) is 9.39 Å². The van der Waals surface area contributed by atoms with Gasteiger partial charge in [-0.1, -0.05) is 54.8 Å². The van der Waals surface area contributed by atoms with Gasteiger partial charge < -0.3 is 4.52 Å². The van der Waals surface area contributed by atoms with Gasteiger partial charge in [0, 0.05) is 32.2 Å². The van der Waals surface area contributed by atoms with Gasteiger partial charge in [-0.15, -0.1) is 10.2 Å². The highest BCUT2D eigenvalue weighted by Crippen LogP contribution is 2.28. The van der Waals surface area contributed by atoms with E-state index in [9.17, 15) is 4.79 Å². The predicted octanol–water partition coefficient (Wildman–Crippen LogP) is 4.13. The van der Waals surface area contributed by atoms with Gasteiger partial charge in [-0.2, -0.15) is 4.98 Å². The zero-order valence-electron chi connectivity index (χ0n) is 19.3. The summed E-state index contributed by atoms with van der Waals surface area (Å²) in [6.07, 6.45) is 5.25. The Morgan fingerprint density at radius 2 is 1.94 bits per heavy atom. The standard InChI is InChI=1S/C24H26BrN7O2/c1-3-4-5-12-31-22-17(14-18(25)26-22)23(33)32-20(28-29-24(31)32)10-11-21-27-19(30-34-21)13-16-8-6-15(2)7-9-16/h6-9H,3-5,10-14H2,1-2H3. The van der Waals surface area contributed by atoms with Crippen molar-refractivity contribution in [2.45, 2.75) is 65.3 Å². The normalized spacial score (nSPS) is 13.0. The number of rotatable bonds is 9. The van der Waals surface area contributed by atoms with Crippen LogP contribution in [-0.2, 0) is 32.2 Å². The summed E-state index contributed by atoms with van der Waals surface area (Å²) < 4.78 is 9.85. The topological polar surface area (TPSA) is 103 Å². The molecular formula is C24H26BrN7O2. The molecule has 1 aliphatic rings. The molecule has 0 bridgehead atoms. The lowest BCUT2D eigenvalue weighted by molar-refractivity contribution is 0.373. The van der Waals surface area contributed by atoms with E-state index in [-0.39, 0.29) is 5.56 Å². The first-order chi connectivity index (χ1) is 16.5. The fraction of sp³-hybridized carbons (Fsp3) is 0.417. The van der Waals surface area contributed by atoms with Gasteiger partial charge in [-0.3, -0.25) is 9.36 Å². The number of fused-ring (bicyclic) bond motifs is 2. The molecule has 0 amide bonds. The molecule has 5 rings (SSSR count). The summed E-state index contributed by atoms with van der Waals surface area (Å²) in [5.74, 6) is 2.98. The molecular weight excluding hydrogens is 498 g/mol. The van der Waals surface area contributed by atoms with E-state index in [1.165, 1.54) is 5.56 Å². The van der Waals surface area contributed by atoms with Gasteiger partial charge in [-0.05, 0) is 34.8 Å². The summed E-state index contributed by atoms with van der Waals surface area (Å²) in [4.78, 5) is 22.4. The molecule has 10 heteroatoms. The molecule has 0 radical (unpaired) electrons. The number of unbranched alkanes of at least 4 members (excludes halogenated alkanes) is 2. The Balaban J connectivity index is 1.38. The second-order valence-corrected chi connectivity index (χ2v) is 9.56. The van der Waals surface area contributed by atoms with Gasteiger partial charge in [0.05, 0.1) is 10.2 Å². The molecule has 9 nitrogen and oxygen atoms in total. The maximum Gasteiger partial charge on any atom is 0.266 e. The predicted molar refractivity (Wildman–Crippen MR) is 132 cm³/mol. The highest BCUT2D eigenvalue weighted by Gasteiger charge is 2.25. The van der Waals surface area contributed by atoms with Crippen LogP contribution in [0.5, 0.6) is 0 Å². The molecule has 3 aromatic heterocycles. The van der Waals surface area contributed by atoms with Crippen molar-refractivity contribution in [2.24, 2.45) is 4.99 Å². The van der Waals surface area contributed by atoms with Crippen LogP contribution in [-0.4, -0.2) is 33.9 Å². The second-order valence-electron chi connectivity index (χ2n) is 8.65. The smallest absolute Gasteiger partial charge is 0.266 e. The highest BCUT2D eigenvalue weighted by atomic mass is 79.9. The average Bonchev–Trinajstić information content (AvgIpc) is 3.55. The SMILES string of the molecule is CCCCCn1c2c(c(=O)n3c(CCc4nc(Cc5ccc(C)cc5)no4)nnc13)CC(Br)=N2. The minimum atomic E-state index is -0.111. The Hall–Kier alpha value is -3.14. The molecule has 0 atom stereocenters. The van der Waals surface area contributed by atoms with E-state index in [1.807, 2.05) is 4.57 Å². The van der Waals surface area contributed by atoms with Gasteiger partial charge in [0.1, 0.15) is 11.6 Å². The van der Waals surface area contributed by atoms with E-state index in [1.54, 1.807) is 4.40 Å². The molecule has 34 heavy (non-hydrogen) atoms. The van der Waals surface area contributed by atoms with E-state index >= 15 is 0 Å². The third-order valence-corrected chi connectivity index (χ3v) is 6.49. The molecule has 176 valence electrons. The van der Waals surface area contributed by atoms with E-state index in [2.05, 4.69) is 79.4 Å². The van der Waals surface area contributed by atoms with Crippen molar-refractivity contribution >= 4 is 32.1 Å². The molecule has 4 aromatic rings. The van der Waals surface area contributed by atoms with Crippen molar-refractivity contribution in [3.8, 4) is 0 Å². The Morgan fingerprint density at radius 1 is 1.12 bits per heavy atom. The van der Waals surface area contributed by atoms with Crippen molar-refractivity contribution in [1.82, 2.24) is 29.3 Å². The number of benzene rings is 1. The molecule has 1 aliphatic heterocycles. The molecule has 0 spiro atoms. The monoisotopic (exact) mass is 523 g/mol. The number of halogens is 1. The van der Waals surface area contributed by atoms with Crippen LogP contribution in [0.25, 0.3) is 5.78 Å². The van der Waals surface area contributed by atoms with Gasteiger partial charge in [0.2, 0.25) is 11.7 Å². The minimum Gasteiger partial charge on any atom is -0.339 e. The first kappa shape index (κ1) is 22.6. The van der Waals surface area contributed by atoms with Crippen molar-refractivity contribution in [3.63, 3.8) is 0 Å². The molecule has 0 aliphatic carbocycles. The van der Waals surface area contributed by atoms with Crippen molar-refractivity contribution in [3.05, 3.63) is 68.8 Å². The first-order valence-electron chi connectivity index (χ1n) is 11.6. The lowest BCUT2D eigenvalue weighted by atomic mass is 10.1. The summed E-state index contributed by atoms with van der Waals surface area (Å²) >= 11 is 3.46. The lowest BCUT2D eigenvalue weighted by Gasteiger charge is -2.12. The molecule has 4 heterocycles. The van der Waals surface area contributed by atoms with E-state index in [4.69, 9.17) is 4.52 Å². The Bertz CT molecular complexity index is 1420. The second kappa shape index (κ2) is 9.61. The first-order valence-corrected chi connectivity index (χ1v) is 12.4. The van der Waals surface area contributed by atoms with Gasteiger partial charge in [0.15, 0.2) is 5.82 Å². The third kappa shape index (κ3) is 4.46. The van der Waals surface area contributed by atoms with Gasteiger partial charge >= 0.3 is 0 Å². The quantitative estimate of drug-likeness (QED) is 0.305. The molecule has 0 saturated carbocycles. The Labute approximate surface area is 205 Å². The highest BCUT2D eigenvalue weighted by molar-refractivity contribution is 9.18. The summed E-state index contributed by atoms with van der Waals surface area (Å²) in [6, 6.07) is 8.28. The number of aliphatic imine (C=N–C) groups is 1. The number of hydrogen-bond donors (Lipinski definition) is 0. The Morgan fingerprint density at radius 3 is 2.74 bits per heavy atom. The van der Waals surface area contributed by atoms with E-state index in [0.29, 0.717) is 60.4 Å². The molecule has 0 fully saturated rings. The van der Waals surface area contributed by atoms with Crippen LogP contribution < -0.4 is 5.56 Å².